The maximum Gasteiger partial charge on any atom is 0.306 e. The number of benzene rings is 1. The summed E-state index contributed by atoms with van der Waals surface area (Å²) >= 11 is 0. The van der Waals surface area contributed by atoms with E-state index in [2.05, 4.69) is 0 Å². The van der Waals surface area contributed by atoms with Gasteiger partial charge in [-0.05, 0) is 25.8 Å². The van der Waals surface area contributed by atoms with Crippen molar-refractivity contribution < 1.29 is 14.3 Å². The molecule has 0 fully saturated rings. The SMILES string of the molecule is Cc1cccc(CCC(=O)O[C@H](C)C(N)=O)c1. The number of carbonyl (C=O) groups excluding carboxylic acids is 2. The summed E-state index contributed by atoms with van der Waals surface area (Å²) < 4.78 is 4.85. The van der Waals surface area contributed by atoms with E-state index in [0.717, 1.165) is 11.1 Å². The molecular weight excluding hydrogens is 218 g/mol. The van der Waals surface area contributed by atoms with Crippen molar-refractivity contribution >= 4 is 11.9 Å². The predicted octanol–water partition coefficient (Wildman–Crippen LogP) is 1.34. The molecule has 1 rings (SSSR count). The predicted molar refractivity (Wildman–Crippen MR) is 64.2 cm³/mol. The molecule has 0 spiro atoms. The zero-order valence-corrected chi connectivity index (χ0v) is 10.1. The van der Waals surface area contributed by atoms with Crippen LogP contribution in [0.4, 0.5) is 0 Å². The fourth-order valence-electron chi connectivity index (χ4n) is 1.43. The highest BCUT2D eigenvalue weighted by Gasteiger charge is 2.14. The second kappa shape index (κ2) is 6.03. The van der Waals surface area contributed by atoms with Gasteiger partial charge in [-0.15, -0.1) is 0 Å². The minimum absolute atomic E-state index is 0.251. The molecule has 17 heavy (non-hydrogen) atoms. The largest absolute Gasteiger partial charge is 0.453 e. The Labute approximate surface area is 101 Å². The summed E-state index contributed by atoms with van der Waals surface area (Å²) in [5, 5.41) is 0. The number of nitrogens with two attached hydrogens (primary N) is 1. The molecule has 2 N–H and O–H groups in total. The zero-order chi connectivity index (χ0) is 12.8. The summed E-state index contributed by atoms with van der Waals surface area (Å²) in [6.07, 6.45) is -0.00687. The quantitative estimate of drug-likeness (QED) is 0.783. The number of amides is 1. The van der Waals surface area contributed by atoms with Crippen molar-refractivity contribution in [3.05, 3.63) is 35.4 Å². The van der Waals surface area contributed by atoms with E-state index in [9.17, 15) is 9.59 Å². The first-order valence-corrected chi connectivity index (χ1v) is 5.53. The smallest absolute Gasteiger partial charge is 0.306 e. The molecule has 0 aliphatic rings. The molecule has 0 aliphatic heterocycles. The summed E-state index contributed by atoms with van der Waals surface area (Å²) in [5.41, 5.74) is 7.23. The molecule has 0 bridgehead atoms. The van der Waals surface area contributed by atoms with Crippen LogP contribution < -0.4 is 5.73 Å². The highest BCUT2D eigenvalue weighted by molar-refractivity contribution is 5.81. The van der Waals surface area contributed by atoms with Crippen LogP contribution in [0, 0.1) is 6.92 Å². The Bertz CT molecular complexity index is 415. The van der Waals surface area contributed by atoms with Gasteiger partial charge in [-0.25, -0.2) is 0 Å². The molecule has 0 aromatic heterocycles. The van der Waals surface area contributed by atoms with Crippen LogP contribution in [0.2, 0.25) is 0 Å². The van der Waals surface area contributed by atoms with Gasteiger partial charge < -0.3 is 10.5 Å². The zero-order valence-electron chi connectivity index (χ0n) is 10.1. The highest BCUT2D eigenvalue weighted by atomic mass is 16.5. The Morgan fingerprint density at radius 1 is 1.41 bits per heavy atom. The number of hydrogen-bond donors (Lipinski definition) is 1. The van der Waals surface area contributed by atoms with Gasteiger partial charge in [0.2, 0.25) is 0 Å². The summed E-state index contributed by atoms with van der Waals surface area (Å²) in [5.74, 6) is -1.04. The van der Waals surface area contributed by atoms with Gasteiger partial charge in [-0.3, -0.25) is 9.59 Å². The van der Waals surface area contributed by atoms with Crippen LogP contribution in [0.1, 0.15) is 24.5 Å². The van der Waals surface area contributed by atoms with Crippen molar-refractivity contribution in [2.24, 2.45) is 5.73 Å². The van der Waals surface area contributed by atoms with Crippen molar-refractivity contribution in [1.29, 1.82) is 0 Å². The normalized spacial score (nSPS) is 11.9. The molecule has 4 heteroatoms. The Morgan fingerprint density at radius 2 is 2.12 bits per heavy atom. The van der Waals surface area contributed by atoms with Gasteiger partial charge >= 0.3 is 5.97 Å². The second-order valence-electron chi connectivity index (χ2n) is 4.02. The number of hydrogen-bond acceptors (Lipinski definition) is 3. The lowest BCUT2D eigenvalue weighted by Gasteiger charge is -2.09. The lowest BCUT2D eigenvalue weighted by Crippen LogP contribution is -2.30. The molecule has 0 aliphatic carbocycles. The first kappa shape index (κ1) is 13.2. The Balaban J connectivity index is 2.41. The molecule has 0 saturated heterocycles. The second-order valence-corrected chi connectivity index (χ2v) is 4.02. The fourth-order valence-corrected chi connectivity index (χ4v) is 1.43. The van der Waals surface area contributed by atoms with Crippen molar-refractivity contribution in [3.8, 4) is 0 Å². The van der Waals surface area contributed by atoms with Gasteiger partial charge in [0, 0.05) is 6.42 Å². The third-order valence-corrected chi connectivity index (χ3v) is 2.41. The Kier molecular flexibility index (Phi) is 4.69. The van der Waals surface area contributed by atoms with Crippen molar-refractivity contribution in [2.45, 2.75) is 32.8 Å². The molecule has 1 atom stereocenters. The maximum absolute atomic E-state index is 11.4. The van der Waals surface area contributed by atoms with Crippen LogP contribution in [0.15, 0.2) is 24.3 Å². The van der Waals surface area contributed by atoms with Crippen LogP contribution >= 0.6 is 0 Å². The first-order chi connectivity index (χ1) is 7.99. The number of rotatable bonds is 5. The van der Waals surface area contributed by atoms with Gasteiger partial charge in [-0.2, -0.15) is 0 Å². The Hall–Kier alpha value is -1.84. The summed E-state index contributed by atoms with van der Waals surface area (Å²) in [6.45, 7) is 3.46. The Morgan fingerprint density at radius 3 is 2.71 bits per heavy atom. The van der Waals surface area contributed by atoms with Crippen LogP contribution in [-0.2, 0) is 20.7 Å². The number of esters is 1. The summed E-state index contributed by atoms with van der Waals surface area (Å²) in [6, 6.07) is 7.92. The third kappa shape index (κ3) is 4.68. The first-order valence-electron chi connectivity index (χ1n) is 5.53. The van der Waals surface area contributed by atoms with E-state index in [1.807, 2.05) is 31.2 Å². The monoisotopic (exact) mass is 235 g/mol. The van der Waals surface area contributed by atoms with Gasteiger partial charge in [0.15, 0.2) is 6.10 Å². The van der Waals surface area contributed by atoms with E-state index in [4.69, 9.17) is 10.5 Å². The van der Waals surface area contributed by atoms with E-state index in [-0.39, 0.29) is 6.42 Å². The highest BCUT2D eigenvalue weighted by Crippen LogP contribution is 2.07. The summed E-state index contributed by atoms with van der Waals surface area (Å²) in [4.78, 5) is 22.1. The van der Waals surface area contributed by atoms with Crippen LogP contribution in [0.5, 0.6) is 0 Å². The van der Waals surface area contributed by atoms with E-state index in [1.165, 1.54) is 6.92 Å². The van der Waals surface area contributed by atoms with E-state index >= 15 is 0 Å². The molecule has 0 heterocycles. The molecule has 92 valence electrons. The van der Waals surface area contributed by atoms with Gasteiger partial charge in [0.25, 0.3) is 5.91 Å². The minimum atomic E-state index is -0.861. The average Bonchev–Trinajstić information content (AvgIpc) is 2.26. The number of carbonyl (C=O) groups is 2. The van der Waals surface area contributed by atoms with E-state index < -0.39 is 18.0 Å². The molecular formula is C13H17NO3. The van der Waals surface area contributed by atoms with Crippen LogP contribution in [0.3, 0.4) is 0 Å². The van der Waals surface area contributed by atoms with Crippen molar-refractivity contribution in [2.75, 3.05) is 0 Å². The average molecular weight is 235 g/mol. The lowest BCUT2D eigenvalue weighted by molar-refractivity contribution is -0.153. The lowest BCUT2D eigenvalue weighted by atomic mass is 10.1. The van der Waals surface area contributed by atoms with Crippen molar-refractivity contribution in [1.82, 2.24) is 0 Å². The number of aryl methyl sites for hydroxylation is 2. The summed E-state index contributed by atoms with van der Waals surface area (Å²) in [7, 11) is 0. The molecule has 0 unspecified atom stereocenters. The number of primary amides is 1. The number of ether oxygens (including phenoxy) is 1. The standard InChI is InChI=1S/C13H17NO3/c1-9-4-3-5-11(8-9)6-7-12(15)17-10(2)13(14)16/h3-5,8,10H,6-7H2,1-2H3,(H2,14,16)/t10-/m1/s1. The molecule has 1 aromatic carbocycles. The molecule has 1 amide bonds. The molecule has 0 saturated carbocycles. The van der Waals surface area contributed by atoms with Crippen LogP contribution in [0.25, 0.3) is 0 Å². The van der Waals surface area contributed by atoms with E-state index in [0.29, 0.717) is 6.42 Å². The molecule has 4 nitrogen and oxygen atoms in total. The molecule has 1 aromatic rings. The minimum Gasteiger partial charge on any atom is -0.453 e. The van der Waals surface area contributed by atoms with Gasteiger partial charge in [0.1, 0.15) is 0 Å². The van der Waals surface area contributed by atoms with Gasteiger partial charge in [-0.1, -0.05) is 29.8 Å². The third-order valence-electron chi connectivity index (χ3n) is 2.41. The molecule has 0 radical (unpaired) electrons. The maximum atomic E-state index is 11.4. The van der Waals surface area contributed by atoms with E-state index in [1.54, 1.807) is 0 Å². The topological polar surface area (TPSA) is 69.4 Å². The van der Waals surface area contributed by atoms with Crippen LogP contribution in [-0.4, -0.2) is 18.0 Å². The fraction of sp³-hybridized carbons (Fsp3) is 0.385. The van der Waals surface area contributed by atoms with Gasteiger partial charge in [0.05, 0.1) is 0 Å². The van der Waals surface area contributed by atoms with Crippen molar-refractivity contribution in [3.63, 3.8) is 0 Å².